The van der Waals surface area contributed by atoms with Gasteiger partial charge in [-0.05, 0) is 56.7 Å². The van der Waals surface area contributed by atoms with E-state index < -0.39 is 5.60 Å². The molecule has 4 fully saturated rings. The second-order valence-electron chi connectivity index (χ2n) is 10.4. The fourth-order valence-corrected chi connectivity index (χ4v) is 5.24. The SMILES string of the molecule is Cc1ccc(Oc2ccnn3cc(C(=O)N4CC5(O)CC4C5)c(C)c23)cc1OCCNC(=O)NC1CC1. The first-order chi connectivity index (χ1) is 17.8. The normalized spacial score (nSPS) is 22.0. The number of nitrogens with one attached hydrogen (secondary N) is 2. The Kier molecular flexibility index (Phi) is 5.71. The van der Waals surface area contributed by atoms with Gasteiger partial charge in [0.05, 0.1) is 30.5 Å². The Labute approximate surface area is 214 Å². The Morgan fingerprint density at radius 2 is 2.00 bits per heavy atom. The molecule has 2 saturated heterocycles. The minimum absolute atomic E-state index is 0.0854. The number of hydrogen-bond acceptors (Lipinski definition) is 6. The third-order valence-corrected chi connectivity index (χ3v) is 7.46. The predicted octanol–water partition coefficient (Wildman–Crippen LogP) is 2.93. The van der Waals surface area contributed by atoms with Crippen molar-refractivity contribution in [3.8, 4) is 17.2 Å². The van der Waals surface area contributed by atoms with Gasteiger partial charge in [0.15, 0.2) is 5.75 Å². The van der Waals surface area contributed by atoms with Crippen molar-refractivity contribution in [2.75, 3.05) is 19.7 Å². The molecule has 4 aliphatic rings. The molecule has 37 heavy (non-hydrogen) atoms. The van der Waals surface area contributed by atoms with Gasteiger partial charge in [0.2, 0.25) is 0 Å². The molecule has 2 aliphatic heterocycles. The molecule has 3 N–H and O–H groups in total. The molecule has 1 aromatic carbocycles. The van der Waals surface area contributed by atoms with Crippen LogP contribution in [0.5, 0.6) is 17.2 Å². The molecule has 4 heterocycles. The maximum absolute atomic E-state index is 13.3. The van der Waals surface area contributed by atoms with Gasteiger partial charge in [-0.2, -0.15) is 5.10 Å². The molecule has 0 atom stereocenters. The van der Waals surface area contributed by atoms with Gasteiger partial charge in [0.1, 0.15) is 23.6 Å². The van der Waals surface area contributed by atoms with Gasteiger partial charge in [-0.25, -0.2) is 9.31 Å². The zero-order valence-electron chi connectivity index (χ0n) is 21.0. The van der Waals surface area contributed by atoms with Crippen LogP contribution < -0.4 is 20.1 Å². The molecule has 10 nitrogen and oxygen atoms in total. The number of urea groups is 1. The van der Waals surface area contributed by atoms with Gasteiger partial charge in [-0.15, -0.1) is 0 Å². The van der Waals surface area contributed by atoms with Crippen molar-refractivity contribution in [2.24, 2.45) is 0 Å². The van der Waals surface area contributed by atoms with E-state index in [4.69, 9.17) is 9.47 Å². The molecule has 2 aliphatic carbocycles. The lowest BCUT2D eigenvalue weighted by Gasteiger charge is -2.31. The van der Waals surface area contributed by atoms with E-state index in [0.717, 1.165) is 24.0 Å². The fraction of sp³-hybridized carbons (Fsp3) is 0.444. The minimum atomic E-state index is -0.718. The summed E-state index contributed by atoms with van der Waals surface area (Å²) < 4.78 is 13.8. The highest BCUT2D eigenvalue weighted by Crippen LogP contribution is 2.45. The second-order valence-corrected chi connectivity index (χ2v) is 10.4. The van der Waals surface area contributed by atoms with Crippen LogP contribution in [0.3, 0.4) is 0 Å². The molecule has 3 aromatic rings. The highest BCUT2D eigenvalue weighted by molar-refractivity contribution is 5.99. The van der Waals surface area contributed by atoms with Crippen LogP contribution in [-0.4, -0.2) is 68.9 Å². The maximum Gasteiger partial charge on any atom is 0.315 e. The molecule has 2 bridgehead atoms. The zero-order chi connectivity index (χ0) is 25.7. The molecular weight excluding hydrogens is 474 g/mol. The van der Waals surface area contributed by atoms with Crippen LogP contribution in [0, 0.1) is 13.8 Å². The van der Waals surface area contributed by atoms with Crippen LogP contribution in [0.15, 0.2) is 36.7 Å². The quantitative estimate of drug-likeness (QED) is 0.405. The smallest absolute Gasteiger partial charge is 0.315 e. The minimum Gasteiger partial charge on any atom is -0.491 e. The van der Waals surface area contributed by atoms with Gasteiger partial charge >= 0.3 is 6.03 Å². The third kappa shape index (κ3) is 4.57. The number of carbonyl (C=O) groups is 2. The first kappa shape index (κ1) is 23.6. The van der Waals surface area contributed by atoms with Crippen molar-refractivity contribution in [1.29, 1.82) is 0 Å². The van der Waals surface area contributed by atoms with Gasteiger partial charge in [0.25, 0.3) is 5.91 Å². The third-order valence-electron chi connectivity index (χ3n) is 7.46. The summed E-state index contributed by atoms with van der Waals surface area (Å²) in [6, 6.07) is 7.63. The van der Waals surface area contributed by atoms with E-state index in [-0.39, 0.29) is 18.0 Å². The molecule has 0 spiro atoms. The Bertz CT molecular complexity index is 1380. The number of ether oxygens (including phenoxy) is 2. The summed E-state index contributed by atoms with van der Waals surface area (Å²) in [5, 5.41) is 20.4. The molecule has 2 aromatic heterocycles. The first-order valence-electron chi connectivity index (χ1n) is 12.8. The maximum atomic E-state index is 13.3. The molecular formula is C27H31N5O5. The molecule has 7 rings (SSSR count). The molecule has 3 amide bonds. The lowest BCUT2D eigenvalue weighted by atomic mass is 9.81. The van der Waals surface area contributed by atoms with Gasteiger partial charge in [-0.3, -0.25) is 4.79 Å². The lowest BCUT2D eigenvalue weighted by Crippen LogP contribution is -2.40. The highest BCUT2D eigenvalue weighted by atomic mass is 16.5. The summed E-state index contributed by atoms with van der Waals surface area (Å²) in [5.74, 6) is 1.74. The van der Waals surface area contributed by atoms with Crippen molar-refractivity contribution in [3.05, 3.63) is 53.3 Å². The highest BCUT2D eigenvalue weighted by Gasteiger charge is 2.56. The second kappa shape index (κ2) is 8.95. The average molecular weight is 506 g/mol. The van der Waals surface area contributed by atoms with Crippen molar-refractivity contribution in [1.82, 2.24) is 25.1 Å². The Hall–Kier alpha value is -3.79. The van der Waals surface area contributed by atoms with Crippen LogP contribution in [0.4, 0.5) is 4.79 Å². The van der Waals surface area contributed by atoms with Crippen molar-refractivity contribution in [2.45, 2.75) is 57.2 Å². The monoisotopic (exact) mass is 505 g/mol. The van der Waals surface area contributed by atoms with Crippen LogP contribution in [0.25, 0.3) is 5.52 Å². The lowest BCUT2D eigenvalue weighted by molar-refractivity contribution is 0.00705. The number of amides is 3. The van der Waals surface area contributed by atoms with E-state index in [0.29, 0.717) is 66.9 Å². The van der Waals surface area contributed by atoms with Crippen molar-refractivity contribution >= 4 is 17.5 Å². The summed E-state index contributed by atoms with van der Waals surface area (Å²) in [6.45, 7) is 4.95. The van der Waals surface area contributed by atoms with Crippen LogP contribution >= 0.6 is 0 Å². The summed E-state index contributed by atoms with van der Waals surface area (Å²) in [6.07, 6.45) is 6.76. The number of rotatable bonds is 8. The Balaban J connectivity index is 1.16. The Morgan fingerprint density at radius 3 is 2.73 bits per heavy atom. The van der Waals surface area contributed by atoms with Gasteiger partial charge in [0, 0.05) is 30.4 Å². The van der Waals surface area contributed by atoms with Crippen LogP contribution in [-0.2, 0) is 0 Å². The van der Waals surface area contributed by atoms with Gasteiger partial charge < -0.3 is 30.1 Å². The van der Waals surface area contributed by atoms with Crippen molar-refractivity contribution < 1.29 is 24.2 Å². The molecule has 194 valence electrons. The van der Waals surface area contributed by atoms with E-state index >= 15 is 0 Å². The van der Waals surface area contributed by atoms with E-state index in [2.05, 4.69) is 15.7 Å². The van der Waals surface area contributed by atoms with E-state index in [1.807, 2.05) is 32.0 Å². The number of aromatic nitrogens is 2. The number of aryl methyl sites for hydroxylation is 2. The molecule has 0 radical (unpaired) electrons. The molecule has 10 heteroatoms. The number of hydrogen-bond donors (Lipinski definition) is 3. The first-order valence-corrected chi connectivity index (χ1v) is 12.8. The van der Waals surface area contributed by atoms with E-state index in [1.54, 1.807) is 27.9 Å². The van der Waals surface area contributed by atoms with E-state index in [9.17, 15) is 14.7 Å². The largest absolute Gasteiger partial charge is 0.491 e. The van der Waals surface area contributed by atoms with Crippen LogP contribution in [0.2, 0.25) is 0 Å². The molecule has 2 saturated carbocycles. The standard InChI is InChI=1S/C27H31N5O5/c1-16-3-6-20(11-23(16)36-10-9-28-26(34)30-18-4-5-18)37-22-7-8-29-32-14-21(17(2)24(22)32)25(33)31-15-27(35)12-19(31)13-27/h3,6-8,11,14,18-19,35H,4-5,9-10,12-13,15H2,1-2H3,(H2,28,30,34). The number of carbonyl (C=O) groups excluding carboxylic acids is 2. The summed E-state index contributed by atoms with van der Waals surface area (Å²) in [7, 11) is 0. The number of benzene rings is 1. The van der Waals surface area contributed by atoms with Crippen molar-refractivity contribution in [3.63, 3.8) is 0 Å². The number of fused-ring (bicyclic) bond motifs is 2. The van der Waals surface area contributed by atoms with E-state index in [1.165, 1.54) is 0 Å². The Morgan fingerprint density at radius 1 is 1.19 bits per heavy atom. The summed E-state index contributed by atoms with van der Waals surface area (Å²) in [4.78, 5) is 26.8. The summed E-state index contributed by atoms with van der Waals surface area (Å²) >= 11 is 0. The number of aliphatic hydroxyl groups is 1. The number of nitrogens with zero attached hydrogens (tertiary/aromatic N) is 3. The van der Waals surface area contributed by atoms with Crippen LogP contribution in [0.1, 0.15) is 47.2 Å². The zero-order valence-corrected chi connectivity index (χ0v) is 21.0. The average Bonchev–Trinajstić information content (AvgIpc) is 3.38. The fourth-order valence-electron chi connectivity index (χ4n) is 5.24. The topological polar surface area (TPSA) is 117 Å². The molecule has 0 unspecified atom stereocenters. The van der Waals surface area contributed by atoms with Gasteiger partial charge in [-0.1, -0.05) is 6.07 Å². The summed E-state index contributed by atoms with van der Waals surface area (Å²) in [5.41, 5.74) is 2.29. The predicted molar refractivity (Wildman–Crippen MR) is 135 cm³/mol.